The van der Waals surface area contributed by atoms with Gasteiger partial charge in [0.05, 0.1) is 13.0 Å². The maximum Gasteiger partial charge on any atom is 0.310 e. The molecule has 0 aliphatic carbocycles. The number of hydrogen-bond donors (Lipinski definition) is 1. The van der Waals surface area contributed by atoms with Gasteiger partial charge in [-0.25, -0.2) is 0 Å². The van der Waals surface area contributed by atoms with E-state index in [9.17, 15) is 4.79 Å². The van der Waals surface area contributed by atoms with E-state index in [0.717, 1.165) is 11.1 Å². The molecule has 3 nitrogen and oxygen atoms in total. The molecule has 0 aliphatic heterocycles. The van der Waals surface area contributed by atoms with E-state index in [0.29, 0.717) is 6.61 Å². The number of carbonyl (C=O) groups excluding carboxylic acids is 1. The Morgan fingerprint density at radius 1 is 1.50 bits per heavy atom. The largest absolute Gasteiger partial charge is 0.508 e. The van der Waals surface area contributed by atoms with Gasteiger partial charge in [0, 0.05) is 0 Å². The molecule has 3 heteroatoms. The predicted octanol–water partition coefficient (Wildman–Crippen LogP) is 1.81. The third-order valence-corrected chi connectivity index (χ3v) is 1.97. The van der Waals surface area contributed by atoms with Crippen LogP contribution in [0, 0.1) is 6.92 Å². The van der Waals surface area contributed by atoms with Crippen LogP contribution in [0.1, 0.15) is 18.1 Å². The van der Waals surface area contributed by atoms with E-state index in [1.807, 2.05) is 6.92 Å². The van der Waals surface area contributed by atoms with Crippen molar-refractivity contribution in [2.24, 2.45) is 0 Å². The molecule has 0 spiro atoms. The number of benzene rings is 1. The standard InChI is InChI=1S/C11H14O3/c1-3-14-11(13)7-9-4-5-10(12)6-8(9)2/h4-6,12H,3,7H2,1-2H3. The minimum atomic E-state index is -0.235. The summed E-state index contributed by atoms with van der Waals surface area (Å²) in [6, 6.07) is 4.94. The first-order valence-corrected chi connectivity index (χ1v) is 4.57. The number of aromatic hydroxyl groups is 1. The molecule has 0 atom stereocenters. The molecule has 0 fully saturated rings. The molecule has 1 aromatic rings. The van der Waals surface area contributed by atoms with Gasteiger partial charge < -0.3 is 9.84 Å². The van der Waals surface area contributed by atoms with E-state index in [1.54, 1.807) is 25.1 Å². The number of phenolic OH excluding ortho intramolecular Hbond substituents is 1. The zero-order chi connectivity index (χ0) is 10.6. The minimum absolute atomic E-state index is 0.218. The molecule has 0 bridgehead atoms. The van der Waals surface area contributed by atoms with E-state index in [-0.39, 0.29) is 18.1 Å². The molecular weight excluding hydrogens is 180 g/mol. The van der Waals surface area contributed by atoms with Gasteiger partial charge in [-0.3, -0.25) is 4.79 Å². The third kappa shape index (κ3) is 2.76. The molecule has 0 unspecified atom stereocenters. The van der Waals surface area contributed by atoms with Gasteiger partial charge in [0.15, 0.2) is 0 Å². The maximum atomic E-state index is 11.2. The van der Waals surface area contributed by atoms with Crippen molar-refractivity contribution < 1.29 is 14.6 Å². The first kappa shape index (κ1) is 10.6. The van der Waals surface area contributed by atoms with Gasteiger partial charge in [-0.05, 0) is 37.1 Å². The number of esters is 1. The monoisotopic (exact) mass is 194 g/mol. The molecule has 0 saturated carbocycles. The van der Waals surface area contributed by atoms with E-state index in [2.05, 4.69) is 0 Å². The van der Waals surface area contributed by atoms with E-state index >= 15 is 0 Å². The SMILES string of the molecule is CCOC(=O)Cc1ccc(O)cc1C. The number of hydrogen-bond acceptors (Lipinski definition) is 3. The fourth-order valence-electron chi connectivity index (χ4n) is 1.25. The zero-order valence-electron chi connectivity index (χ0n) is 8.41. The van der Waals surface area contributed by atoms with Crippen LogP contribution in [0.4, 0.5) is 0 Å². The van der Waals surface area contributed by atoms with Crippen LogP contribution in [0.15, 0.2) is 18.2 Å². The minimum Gasteiger partial charge on any atom is -0.508 e. The highest BCUT2D eigenvalue weighted by atomic mass is 16.5. The van der Waals surface area contributed by atoms with Gasteiger partial charge >= 0.3 is 5.97 Å². The summed E-state index contributed by atoms with van der Waals surface area (Å²) in [5.74, 6) is -0.0172. The lowest BCUT2D eigenvalue weighted by Gasteiger charge is -2.05. The van der Waals surface area contributed by atoms with E-state index in [4.69, 9.17) is 9.84 Å². The quantitative estimate of drug-likeness (QED) is 0.746. The molecule has 0 amide bonds. The second-order valence-electron chi connectivity index (χ2n) is 3.09. The molecule has 0 saturated heterocycles. The number of aryl methyl sites for hydroxylation is 1. The van der Waals surface area contributed by atoms with Crippen LogP contribution in [-0.4, -0.2) is 17.7 Å². The van der Waals surface area contributed by atoms with Crippen LogP contribution >= 0.6 is 0 Å². The van der Waals surface area contributed by atoms with Crippen molar-refractivity contribution in [2.75, 3.05) is 6.61 Å². The fourth-order valence-corrected chi connectivity index (χ4v) is 1.25. The number of rotatable bonds is 3. The maximum absolute atomic E-state index is 11.2. The molecule has 1 aromatic carbocycles. The smallest absolute Gasteiger partial charge is 0.310 e. The van der Waals surface area contributed by atoms with Crippen LogP contribution in [0.2, 0.25) is 0 Å². The summed E-state index contributed by atoms with van der Waals surface area (Å²) in [6.45, 7) is 4.03. The molecule has 0 aliphatic rings. The Bertz CT molecular complexity index is 331. The van der Waals surface area contributed by atoms with Crippen LogP contribution in [0.25, 0.3) is 0 Å². The molecule has 1 N–H and O–H groups in total. The van der Waals surface area contributed by atoms with Crippen LogP contribution in [0.3, 0.4) is 0 Å². The first-order chi connectivity index (χ1) is 6.63. The van der Waals surface area contributed by atoms with Crippen molar-refractivity contribution in [3.05, 3.63) is 29.3 Å². The number of carbonyl (C=O) groups is 1. The predicted molar refractivity (Wildman–Crippen MR) is 53.2 cm³/mol. The van der Waals surface area contributed by atoms with Crippen LogP contribution < -0.4 is 0 Å². The Morgan fingerprint density at radius 2 is 2.21 bits per heavy atom. The summed E-state index contributed by atoms with van der Waals surface area (Å²) in [4.78, 5) is 11.2. The molecule has 1 rings (SSSR count). The third-order valence-electron chi connectivity index (χ3n) is 1.97. The normalized spacial score (nSPS) is 9.86. The average Bonchev–Trinajstić information content (AvgIpc) is 2.10. The summed E-state index contributed by atoms with van der Waals surface area (Å²) < 4.78 is 4.83. The average molecular weight is 194 g/mol. The summed E-state index contributed by atoms with van der Waals surface area (Å²) >= 11 is 0. The Hall–Kier alpha value is -1.51. The Morgan fingerprint density at radius 3 is 2.79 bits per heavy atom. The van der Waals surface area contributed by atoms with Crippen molar-refractivity contribution in [1.82, 2.24) is 0 Å². The van der Waals surface area contributed by atoms with Crippen LogP contribution in [0.5, 0.6) is 5.75 Å². The summed E-state index contributed by atoms with van der Waals surface area (Å²) in [6.07, 6.45) is 0.264. The fraction of sp³-hybridized carbons (Fsp3) is 0.364. The van der Waals surface area contributed by atoms with Crippen LogP contribution in [-0.2, 0) is 16.0 Å². The zero-order valence-corrected chi connectivity index (χ0v) is 8.41. The van der Waals surface area contributed by atoms with Crippen molar-refractivity contribution in [1.29, 1.82) is 0 Å². The molecule has 0 radical (unpaired) electrons. The van der Waals surface area contributed by atoms with Gasteiger partial charge in [-0.2, -0.15) is 0 Å². The Kier molecular flexibility index (Phi) is 3.51. The number of phenols is 1. The lowest BCUT2D eigenvalue weighted by Crippen LogP contribution is -2.08. The van der Waals surface area contributed by atoms with Crippen molar-refractivity contribution in [2.45, 2.75) is 20.3 Å². The Balaban J connectivity index is 2.72. The molecule has 0 aromatic heterocycles. The Labute approximate surface area is 83.3 Å². The highest BCUT2D eigenvalue weighted by Crippen LogP contribution is 2.16. The summed E-state index contributed by atoms with van der Waals surface area (Å²) in [7, 11) is 0. The molecule has 14 heavy (non-hydrogen) atoms. The topological polar surface area (TPSA) is 46.5 Å². The molecule has 76 valence electrons. The summed E-state index contributed by atoms with van der Waals surface area (Å²) in [5.41, 5.74) is 1.79. The van der Waals surface area contributed by atoms with Gasteiger partial charge in [-0.15, -0.1) is 0 Å². The van der Waals surface area contributed by atoms with Gasteiger partial charge in [0.1, 0.15) is 5.75 Å². The second kappa shape index (κ2) is 4.65. The lowest BCUT2D eigenvalue weighted by molar-refractivity contribution is -0.142. The van der Waals surface area contributed by atoms with Crippen molar-refractivity contribution in [3.8, 4) is 5.75 Å². The molecule has 0 heterocycles. The van der Waals surface area contributed by atoms with E-state index in [1.165, 1.54) is 0 Å². The van der Waals surface area contributed by atoms with Crippen molar-refractivity contribution >= 4 is 5.97 Å². The van der Waals surface area contributed by atoms with Gasteiger partial charge in [0.25, 0.3) is 0 Å². The highest BCUT2D eigenvalue weighted by Gasteiger charge is 2.06. The van der Waals surface area contributed by atoms with Gasteiger partial charge in [0.2, 0.25) is 0 Å². The van der Waals surface area contributed by atoms with Gasteiger partial charge in [-0.1, -0.05) is 6.07 Å². The lowest BCUT2D eigenvalue weighted by atomic mass is 10.1. The second-order valence-corrected chi connectivity index (χ2v) is 3.09. The van der Waals surface area contributed by atoms with E-state index < -0.39 is 0 Å². The molecular formula is C11H14O3. The highest BCUT2D eigenvalue weighted by molar-refractivity contribution is 5.73. The first-order valence-electron chi connectivity index (χ1n) is 4.57. The number of ether oxygens (including phenoxy) is 1. The van der Waals surface area contributed by atoms with Crippen molar-refractivity contribution in [3.63, 3.8) is 0 Å². The summed E-state index contributed by atoms with van der Waals surface area (Å²) in [5, 5.41) is 9.16.